The first-order valence-corrected chi connectivity index (χ1v) is 7.05. The molecule has 0 radical (unpaired) electrons. The Morgan fingerprint density at radius 3 is 2.72 bits per heavy atom. The normalized spacial score (nSPS) is 26.1. The maximum absolute atomic E-state index is 12.4. The van der Waals surface area contributed by atoms with Gasteiger partial charge >= 0.3 is 0 Å². The Bertz CT molecular complexity index is 362. The second-order valence-electron chi connectivity index (χ2n) is 5.90. The summed E-state index contributed by atoms with van der Waals surface area (Å²) in [5.74, 6) is 0.242. The average Bonchev–Trinajstić information content (AvgIpc) is 2.66. The number of halogens is 1. The van der Waals surface area contributed by atoms with Gasteiger partial charge in [-0.3, -0.25) is 0 Å². The van der Waals surface area contributed by atoms with Crippen molar-refractivity contribution in [2.75, 3.05) is 6.67 Å². The Morgan fingerprint density at radius 1 is 1.56 bits per heavy atom. The van der Waals surface area contributed by atoms with Crippen LogP contribution >= 0.6 is 0 Å². The second-order valence-corrected chi connectivity index (χ2v) is 5.90. The van der Waals surface area contributed by atoms with Gasteiger partial charge in [0.25, 0.3) is 0 Å². The largest absolute Gasteiger partial charge is 0.246 e. The lowest BCUT2D eigenvalue weighted by Gasteiger charge is -2.23. The highest BCUT2D eigenvalue weighted by molar-refractivity contribution is 5.33. The van der Waals surface area contributed by atoms with Crippen molar-refractivity contribution in [3.05, 3.63) is 35.5 Å². The highest BCUT2D eigenvalue weighted by atomic mass is 19.1. The molecule has 102 valence electrons. The summed E-state index contributed by atoms with van der Waals surface area (Å²) >= 11 is 0. The molecule has 1 rings (SSSR count). The molecule has 2 unspecified atom stereocenters. The van der Waals surface area contributed by atoms with Crippen LogP contribution < -0.4 is 0 Å². The van der Waals surface area contributed by atoms with E-state index >= 15 is 0 Å². The summed E-state index contributed by atoms with van der Waals surface area (Å²) in [6, 6.07) is 0. The number of alkyl halides is 1. The van der Waals surface area contributed by atoms with Crippen LogP contribution in [0.25, 0.3) is 0 Å². The van der Waals surface area contributed by atoms with Crippen molar-refractivity contribution in [2.45, 2.75) is 53.4 Å². The van der Waals surface area contributed by atoms with Crippen LogP contribution in [0.4, 0.5) is 4.39 Å². The standard InChI is InChI=1S/C17H27F/c1-6-17(5)11-10-16(15(17)4)9-7-8-13(2)14(3)12-18/h7,9,13H,3,6,8,10-12H2,1-2,4-5H3/b9-7-. The zero-order valence-corrected chi connectivity index (χ0v) is 12.4. The van der Waals surface area contributed by atoms with E-state index < -0.39 is 6.67 Å². The van der Waals surface area contributed by atoms with Gasteiger partial charge in [-0.05, 0) is 55.1 Å². The van der Waals surface area contributed by atoms with Crippen molar-refractivity contribution < 1.29 is 4.39 Å². The SMILES string of the molecule is C=C(CF)C(C)C/C=C\C1=C(C)C(C)(CC)CC1. The average molecular weight is 250 g/mol. The third-order valence-corrected chi connectivity index (χ3v) is 4.79. The molecule has 0 saturated heterocycles. The highest BCUT2D eigenvalue weighted by Crippen LogP contribution is 2.45. The molecule has 1 aliphatic carbocycles. The molecule has 0 N–H and O–H groups in total. The minimum absolute atomic E-state index is 0.242. The smallest absolute Gasteiger partial charge is 0.111 e. The van der Waals surface area contributed by atoms with Crippen molar-refractivity contribution in [3.63, 3.8) is 0 Å². The van der Waals surface area contributed by atoms with Gasteiger partial charge in [0, 0.05) is 0 Å². The van der Waals surface area contributed by atoms with Crippen molar-refractivity contribution in [1.29, 1.82) is 0 Å². The van der Waals surface area contributed by atoms with Crippen LogP contribution in [0, 0.1) is 11.3 Å². The van der Waals surface area contributed by atoms with Crippen LogP contribution in [0.15, 0.2) is 35.5 Å². The van der Waals surface area contributed by atoms with E-state index in [1.807, 2.05) is 6.92 Å². The number of hydrogen-bond acceptors (Lipinski definition) is 0. The fraction of sp³-hybridized carbons (Fsp3) is 0.647. The Hall–Kier alpha value is -0.850. The molecule has 1 aliphatic rings. The summed E-state index contributed by atoms with van der Waals surface area (Å²) in [7, 11) is 0. The molecule has 0 aliphatic heterocycles. The lowest BCUT2D eigenvalue weighted by molar-refractivity contribution is 0.379. The quantitative estimate of drug-likeness (QED) is 0.537. The minimum Gasteiger partial charge on any atom is -0.246 e. The summed E-state index contributed by atoms with van der Waals surface area (Å²) in [5.41, 5.74) is 4.12. The van der Waals surface area contributed by atoms with Crippen LogP contribution in [0.3, 0.4) is 0 Å². The first-order valence-electron chi connectivity index (χ1n) is 7.05. The molecule has 0 spiro atoms. The molecule has 0 amide bonds. The monoisotopic (exact) mass is 250 g/mol. The van der Waals surface area contributed by atoms with Gasteiger partial charge in [-0.25, -0.2) is 4.39 Å². The summed E-state index contributed by atoms with van der Waals surface area (Å²) in [6.45, 7) is 12.3. The first-order chi connectivity index (χ1) is 8.44. The van der Waals surface area contributed by atoms with E-state index in [1.165, 1.54) is 24.8 Å². The third kappa shape index (κ3) is 3.34. The predicted octanol–water partition coefficient (Wildman–Crippen LogP) is 5.62. The summed E-state index contributed by atoms with van der Waals surface area (Å²) in [6.07, 6.45) is 8.99. The van der Waals surface area contributed by atoms with E-state index in [2.05, 4.69) is 39.5 Å². The zero-order chi connectivity index (χ0) is 13.8. The van der Waals surface area contributed by atoms with E-state index in [4.69, 9.17) is 0 Å². The molecule has 2 atom stereocenters. The Labute approximate surface area is 112 Å². The number of rotatable bonds is 6. The van der Waals surface area contributed by atoms with Crippen LogP contribution in [0.1, 0.15) is 53.4 Å². The molecule has 0 bridgehead atoms. The van der Waals surface area contributed by atoms with Gasteiger partial charge in [-0.15, -0.1) is 0 Å². The molecule has 18 heavy (non-hydrogen) atoms. The van der Waals surface area contributed by atoms with Gasteiger partial charge in [0.2, 0.25) is 0 Å². The fourth-order valence-corrected chi connectivity index (χ4v) is 2.54. The molecule has 0 aromatic rings. The predicted molar refractivity (Wildman–Crippen MR) is 78.4 cm³/mol. The maximum atomic E-state index is 12.4. The topological polar surface area (TPSA) is 0 Å². The van der Waals surface area contributed by atoms with Gasteiger partial charge < -0.3 is 0 Å². The van der Waals surface area contributed by atoms with Crippen LogP contribution in [-0.2, 0) is 0 Å². The van der Waals surface area contributed by atoms with Crippen LogP contribution in [-0.4, -0.2) is 6.67 Å². The molecule has 0 fully saturated rings. The van der Waals surface area contributed by atoms with E-state index in [9.17, 15) is 4.39 Å². The third-order valence-electron chi connectivity index (χ3n) is 4.79. The van der Waals surface area contributed by atoms with Crippen molar-refractivity contribution in [2.24, 2.45) is 11.3 Å². The molecule has 0 aromatic heterocycles. The summed E-state index contributed by atoms with van der Waals surface area (Å²) < 4.78 is 12.4. The Balaban J connectivity index is 2.61. The van der Waals surface area contributed by atoms with E-state index in [0.29, 0.717) is 11.0 Å². The fourth-order valence-electron chi connectivity index (χ4n) is 2.54. The Kier molecular flexibility index (Phi) is 5.37. The zero-order valence-electron chi connectivity index (χ0n) is 12.4. The van der Waals surface area contributed by atoms with Gasteiger partial charge in [0.1, 0.15) is 6.67 Å². The lowest BCUT2D eigenvalue weighted by Crippen LogP contribution is -2.11. The lowest BCUT2D eigenvalue weighted by atomic mass is 9.81. The molecule has 0 nitrogen and oxygen atoms in total. The molecule has 0 heterocycles. The van der Waals surface area contributed by atoms with Gasteiger partial charge in [0.05, 0.1) is 0 Å². The van der Waals surface area contributed by atoms with Crippen LogP contribution in [0.5, 0.6) is 0 Å². The molecular formula is C17H27F. The summed E-state index contributed by atoms with van der Waals surface area (Å²) in [5, 5.41) is 0. The first kappa shape index (κ1) is 15.2. The van der Waals surface area contributed by atoms with E-state index in [-0.39, 0.29) is 5.92 Å². The van der Waals surface area contributed by atoms with E-state index in [0.717, 1.165) is 6.42 Å². The van der Waals surface area contributed by atoms with Gasteiger partial charge in [0.15, 0.2) is 0 Å². The molecule has 0 aromatic carbocycles. The summed E-state index contributed by atoms with van der Waals surface area (Å²) in [4.78, 5) is 0. The number of allylic oxidation sites excluding steroid dienone is 5. The molecular weight excluding hydrogens is 223 g/mol. The van der Waals surface area contributed by atoms with Gasteiger partial charge in [-0.2, -0.15) is 0 Å². The van der Waals surface area contributed by atoms with Gasteiger partial charge in [-0.1, -0.05) is 45.1 Å². The molecule has 0 saturated carbocycles. The number of hydrogen-bond donors (Lipinski definition) is 0. The van der Waals surface area contributed by atoms with Crippen molar-refractivity contribution >= 4 is 0 Å². The minimum atomic E-state index is -0.398. The Morgan fingerprint density at radius 2 is 2.22 bits per heavy atom. The molecule has 1 heteroatoms. The second kappa shape index (κ2) is 6.36. The highest BCUT2D eigenvalue weighted by Gasteiger charge is 2.30. The maximum Gasteiger partial charge on any atom is 0.111 e. The van der Waals surface area contributed by atoms with E-state index in [1.54, 1.807) is 5.57 Å². The van der Waals surface area contributed by atoms with Crippen molar-refractivity contribution in [3.8, 4) is 0 Å². The van der Waals surface area contributed by atoms with Crippen LogP contribution in [0.2, 0.25) is 0 Å². The van der Waals surface area contributed by atoms with Crippen molar-refractivity contribution in [1.82, 2.24) is 0 Å².